The highest BCUT2D eigenvalue weighted by molar-refractivity contribution is 9.10. The number of ether oxygens (including phenoxy) is 1. The molecule has 0 unspecified atom stereocenters. The lowest BCUT2D eigenvalue weighted by molar-refractivity contribution is 0.0475. The number of methoxy groups -OCH3 is 1. The maximum absolute atomic E-state index is 12.2. The Balaban J connectivity index is 0.00000200. The normalized spacial score (nSPS) is 22.2. The molecule has 0 aliphatic carbocycles. The van der Waals surface area contributed by atoms with Crippen molar-refractivity contribution < 1.29 is 9.53 Å². The van der Waals surface area contributed by atoms with Gasteiger partial charge in [0, 0.05) is 19.3 Å². The first-order valence-corrected chi connectivity index (χ1v) is 7.29. The topological polar surface area (TPSA) is 66.2 Å². The first-order chi connectivity index (χ1) is 9.04. The van der Waals surface area contributed by atoms with Crippen LogP contribution < -0.4 is 10.6 Å². The number of aromatic amines is 1. The number of carbonyl (C=O) groups excluding carboxylic acids is 1. The van der Waals surface area contributed by atoms with Crippen molar-refractivity contribution in [1.82, 2.24) is 15.6 Å². The summed E-state index contributed by atoms with van der Waals surface area (Å²) in [5.41, 5.74) is 1.23. The lowest BCUT2D eigenvalue weighted by Gasteiger charge is -2.31. The SMILES string of the molecule is CO[C@@H]1CNCC[C@H]1NC(=O)c1[nH]c(C)c(Br)c1Cl.Cl. The van der Waals surface area contributed by atoms with Crippen LogP contribution in [0.25, 0.3) is 0 Å². The van der Waals surface area contributed by atoms with Crippen molar-refractivity contribution in [3.05, 3.63) is 20.9 Å². The molecule has 8 heteroatoms. The van der Waals surface area contributed by atoms with E-state index < -0.39 is 0 Å². The van der Waals surface area contributed by atoms with E-state index in [1.807, 2.05) is 6.92 Å². The Morgan fingerprint density at radius 3 is 2.80 bits per heavy atom. The van der Waals surface area contributed by atoms with E-state index in [2.05, 4.69) is 31.5 Å². The third-order valence-corrected chi connectivity index (χ3v) is 4.92. The van der Waals surface area contributed by atoms with Crippen LogP contribution in [0.2, 0.25) is 5.02 Å². The summed E-state index contributed by atoms with van der Waals surface area (Å²) < 4.78 is 6.10. The van der Waals surface area contributed by atoms with E-state index in [4.69, 9.17) is 16.3 Å². The number of hydrogen-bond acceptors (Lipinski definition) is 3. The second-order valence-corrected chi connectivity index (χ2v) is 5.77. The van der Waals surface area contributed by atoms with Gasteiger partial charge in [0.05, 0.1) is 21.6 Å². The minimum absolute atomic E-state index is 0. The van der Waals surface area contributed by atoms with Crippen LogP contribution >= 0.6 is 39.9 Å². The first-order valence-electron chi connectivity index (χ1n) is 6.12. The van der Waals surface area contributed by atoms with Gasteiger partial charge in [0.1, 0.15) is 5.69 Å². The summed E-state index contributed by atoms with van der Waals surface area (Å²) in [5.74, 6) is -0.201. The molecule has 1 aromatic heterocycles. The van der Waals surface area contributed by atoms with Crippen molar-refractivity contribution in [2.24, 2.45) is 0 Å². The molecule has 20 heavy (non-hydrogen) atoms. The molecule has 1 aliphatic heterocycles. The van der Waals surface area contributed by atoms with Gasteiger partial charge in [0.25, 0.3) is 5.91 Å². The van der Waals surface area contributed by atoms with Crippen LogP contribution in [0.15, 0.2) is 4.47 Å². The van der Waals surface area contributed by atoms with Crippen molar-refractivity contribution in [3.8, 4) is 0 Å². The molecule has 5 nitrogen and oxygen atoms in total. The van der Waals surface area contributed by atoms with Crippen LogP contribution in [0.3, 0.4) is 0 Å². The van der Waals surface area contributed by atoms with E-state index >= 15 is 0 Å². The fourth-order valence-corrected chi connectivity index (χ4v) is 2.78. The monoisotopic (exact) mass is 385 g/mol. The molecule has 0 aromatic carbocycles. The van der Waals surface area contributed by atoms with E-state index in [0.717, 1.165) is 29.7 Å². The van der Waals surface area contributed by atoms with Crippen LogP contribution in [0.1, 0.15) is 22.6 Å². The number of aromatic nitrogens is 1. The van der Waals surface area contributed by atoms with Gasteiger partial charge in [0.2, 0.25) is 0 Å². The van der Waals surface area contributed by atoms with Crippen LogP contribution in [0, 0.1) is 6.92 Å². The molecule has 1 aliphatic rings. The summed E-state index contributed by atoms with van der Waals surface area (Å²) in [7, 11) is 1.65. The van der Waals surface area contributed by atoms with Gasteiger partial charge in [-0.05, 0) is 35.8 Å². The summed E-state index contributed by atoms with van der Waals surface area (Å²) in [6, 6.07) is -0.00259. The van der Waals surface area contributed by atoms with Crippen molar-refractivity contribution >= 4 is 45.8 Å². The Morgan fingerprint density at radius 1 is 1.55 bits per heavy atom. The standard InChI is InChI=1S/C12H17BrClN3O2.ClH/c1-6-9(13)10(14)11(16-6)12(18)17-7-3-4-15-5-8(7)19-2;/h7-8,15-16H,3-5H2,1-2H3,(H,17,18);1H/t7-,8-;/m1./s1. The zero-order valence-electron chi connectivity index (χ0n) is 11.3. The van der Waals surface area contributed by atoms with Gasteiger partial charge in [-0.1, -0.05) is 11.6 Å². The predicted molar refractivity (Wildman–Crippen MR) is 85.0 cm³/mol. The number of H-pyrrole nitrogens is 1. The summed E-state index contributed by atoms with van der Waals surface area (Å²) in [6.07, 6.45) is 0.818. The highest BCUT2D eigenvalue weighted by Crippen LogP contribution is 2.29. The minimum Gasteiger partial charge on any atom is -0.378 e. The van der Waals surface area contributed by atoms with Crippen molar-refractivity contribution in [3.63, 3.8) is 0 Å². The lowest BCUT2D eigenvalue weighted by atomic mass is 10.0. The number of rotatable bonds is 3. The largest absolute Gasteiger partial charge is 0.378 e. The molecule has 2 rings (SSSR count). The first kappa shape index (κ1) is 17.8. The molecule has 1 saturated heterocycles. The maximum atomic E-state index is 12.2. The van der Waals surface area contributed by atoms with E-state index in [-0.39, 0.29) is 30.5 Å². The van der Waals surface area contributed by atoms with Gasteiger partial charge < -0.3 is 20.4 Å². The highest BCUT2D eigenvalue weighted by Gasteiger charge is 2.28. The minimum atomic E-state index is -0.201. The lowest BCUT2D eigenvalue weighted by Crippen LogP contribution is -2.53. The van der Waals surface area contributed by atoms with Gasteiger partial charge in [0.15, 0.2) is 0 Å². The summed E-state index contributed by atoms with van der Waals surface area (Å²) in [4.78, 5) is 15.2. The zero-order chi connectivity index (χ0) is 14.0. The van der Waals surface area contributed by atoms with Crippen LogP contribution in [0.4, 0.5) is 0 Å². The predicted octanol–water partition coefficient (Wildman–Crippen LogP) is 2.27. The molecule has 0 bridgehead atoms. The van der Waals surface area contributed by atoms with Crippen LogP contribution in [0.5, 0.6) is 0 Å². The van der Waals surface area contributed by atoms with E-state index in [1.165, 1.54) is 0 Å². The number of carbonyl (C=O) groups is 1. The van der Waals surface area contributed by atoms with Gasteiger partial charge >= 0.3 is 0 Å². The van der Waals surface area contributed by atoms with Crippen LogP contribution in [-0.4, -0.2) is 43.2 Å². The number of nitrogens with one attached hydrogen (secondary N) is 3. The molecule has 3 N–H and O–H groups in total. The van der Waals surface area contributed by atoms with Gasteiger partial charge in [-0.25, -0.2) is 0 Å². The molecule has 2 heterocycles. The summed E-state index contributed by atoms with van der Waals surface area (Å²) in [5, 5.41) is 6.63. The summed E-state index contributed by atoms with van der Waals surface area (Å²) >= 11 is 9.46. The van der Waals surface area contributed by atoms with E-state index in [1.54, 1.807) is 7.11 Å². The van der Waals surface area contributed by atoms with Crippen LogP contribution in [-0.2, 0) is 4.74 Å². The molecule has 0 saturated carbocycles. The number of aryl methyl sites for hydroxylation is 1. The molecule has 1 fully saturated rings. The number of amides is 1. The van der Waals surface area contributed by atoms with E-state index in [9.17, 15) is 4.79 Å². The fourth-order valence-electron chi connectivity index (χ4n) is 2.21. The van der Waals surface area contributed by atoms with Crippen molar-refractivity contribution in [2.45, 2.75) is 25.5 Å². The molecular formula is C12H18BrCl2N3O2. The number of halogens is 3. The quantitative estimate of drug-likeness (QED) is 0.746. The molecule has 0 spiro atoms. The average molecular weight is 387 g/mol. The third kappa shape index (κ3) is 3.68. The van der Waals surface area contributed by atoms with Gasteiger partial charge in [-0.2, -0.15) is 0 Å². The Kier molecular flexibility index (Phi) is 6.81. The van der Waals surface area contributed by atoms with E-state index in [0.29, 0.717) is 10.7 Å². The fraction of sp³-hybridized carbons (Fsp3) is 0.583. The van der Waals surface area contributed by atoms with Gasteiger partial charge in [-0.15, -0.1) is 12.4 Å². The Bertz CT molecular complexity index is 482. The highest BCUT2D eigenvalue weighted by atomic mass is 79.9. The third-order valence-electron chi connectivity index (χ3n) is 3.33. The zero-order valence-corrected chi connectivity index (χ0v) is 14.4. The number of piperidine rings is 1. The molecule has 1 amide bonds. The Labute approximate surface area is 137 Å². The number of hydrogen-bond donors (Lipinski definition) is 3. The molecule has 0 radical (unpaired) electrons. The Morgan fingerprint density at radius 2 is 2.25 bits per heavy atom. The molecule has 114 valence electrons. The smallest absolute Gasteiger partial charge is 0.269 e. The van der Waals surface area contributed by atoms with Crippen molar-refractivity contribution in [1.29, 1.82) is 0 Å². The summed E-state index contributed by atoms with van der Waals surface area (Å²) in [6.45, 7) is 3.46. The van der Waals surface area contributed by atoms with Crippen molar-refractivity contribution in [2.75, 3.05) is 20.2 Å². The van der Waals surface area contributed by atoms with Gasteiger partial charge in [-0.3, -0.25) is 4.79 Å². The molecular weight excluding hydrogens is 369 g/mol. The second-order valence-electron chi connectivity index (χ2n) is 4.60. The maximum Gasteiger partial charge on any atom is 0.269 e. The second kappa shape index (κ2) is 7.66. The average Bonchev–Trinajstić information content (AvgIpc) is 2.67. The molecule has 2 atom stereocenters. The Hall–Kier alpha value is -0.270. The molecule has 1 aromatic rings.